The summed E-state index contributed by atoms with van der Waals surface area (Å²) in [7, 11) is 1.83. The predicted octanol–water partition coefficient (Wildman–Crippen LogP) is 1.73. The van der Waals surface area contributed by atoms with Crippen LogP contribution in [0.5, 0.6) is 5.75 Å². The first-order valence-corrected chi connectivity index (χ1v) is 7.00. The maximum absolute atomic E-state index is 11.9. The van der Waals surface area contributed by atoms with Crippen molar-refractivity contribution < 1.29 is 9.53 Å². The number of rotatable bonds is 2. The quantitative estimate of drug-likeness (QED) is 0.880. The van der Waals surface area contributed by atoms with Crippen molar-refractivity contribution in [2.75, 3.05) is 25.1 Å². The highest BCUT2D eigenvalue weighted by Crippen LogP contribution is 2.32. The van der Waals surface area contributed by atoms with Crippen LogP contribution in [0.4, 0.5) is 5.69 Å². The smallest absolute Gasteiger partial charge is 0.230 e. The lowest BCUT2D eigenvalue weighted by molar-refractivity contribution is -0.118. The first kappa shape index (κ1) is 12.5. The zero-order valence-corrected chi connectivity index (χ0v) is 11.3. The van der Waals surface area contributed by atoms with Crippen LogP contribution in [0.15, 0.2) is 18.2 Å². The van der Waals surface area contributed by atoms with Crippen molar-refractivity contribution >= 4 is 11.6 Å². The van der Waals surface area contributed by atoms with E-state index in [0.717, 1.165) is 24.4 Å². The Labute approximate surface area is 113 Å². The van der Waals surface area contributed by atoms with Gasteiger partial charge in [-0.2, -0.15) is 0 Å². The predicted molar refractivity (Wildman–Crippen MR) is 74.7 cm³/mol. The number of ether oxygens (including phenoxy) is 1. The molecule has 1 atom stereocenters. The fourth-order valence-electron chi connectivity index (χ4n) is 2.84. The number of anilines is 1. The van der Waals surface area contributed by atoms with Crippen molar-refractivity contribution in [2.45, 2.75) is 31.7 Å². The Bertz CT molecular complexity index is 481. The second-order valence-electron chi connectivity index (χ2n) is 5.35. The summed E-state index contributed by atoms with van der Waals surface area (Å²) in [5.74, 6) is 0.936. The normalized spacial score (nSPS) is 22.9. The molecular formula is C15H20N2O2. The Kier molecular flexibility index (Phi) is 3.42. The van der Waals surface area contributed by atoms with E-state index in [2.05, 4.69) is 17.4 Å². The summed E-state index contributed by atoms with van der Waals surface area (Å²) in [6.45, 7) is 1.59. The molecule has 0 radical (unpaired) electrons. The van der Waals surface area contributed by atoms with Crippen LogP contribution in [0.25, 0.3) is 0 Å². The molecule has 1 aromatic rings. The van der Waals surface area contributed by atoms with Gasteiger partial charge in [0.15, 0.2) is 0 Å². The number of benzene rings is 1. The Balaban J connectivity index is 1.84. The lowest BCUT2D eigenvalue weighted by Gasteiger charge is -2.18. The molecule has 2 heterocycles. The first-order valence-electron chi connectivity index (χ1n) is 7.00. The van der Waals surface area contributed by atoms with E-state index in [1.807, 2.05) is 13.1 Å². The lowest BCUT2D eigenvalue weighted by atomic mass is 10.0. The number of carbonyl (C=O) groups excluding carboxylic acids is 1. The van der Waals surface area contributed by atoms with Crippen molar-refractivity contribution in [3.8, 4) is 5.75 Å². The molecule has 1 fully saturated rings. The fraction of sp³-hybridized carbons (Fsp3) is 0.533. The van der Waals surface area contributed by atoms with Gasteiger partial charge in [-0.25, -0.2) is 0 Å². The van der Waals surface area contributed by atoms with Gasteiger partial charge in [-0.05, 0) is 43.5 Å². The highest BCUT2D eigenvalue weighted by molar-refractivity contribution is 5.95. The second-order valence-corrected chi connectivity index (χ2v) is 5.35. The maximum Gasteiger partial charge on any atom is 0.230 e. The Morgan fingerprint density at radius 3 is 3.16 bits per heavy atom. The molecule has 1 saturated heterocycles. The zero-order chi connectivity index (χ0) is 13.2. The third-order valence-corrected chi connectivity index (χ3v) is 3.98. The molecule has 102 valence electrons. The van der Waals surface area contributed by atoms with Crippen LogP contribution in [0.1, 0.15) is 24.8 Å². The molecule has 2 aliphatic heterocycles. The van der Waals surface area contributed by atoms with Crippen LogP contribution in [0, 0.1) is 0 Å². The largest absolute Gasteiger partial charge is 0.491 e. The summed E-state index contributed by atoms with van der Waals surface area (Å²) in [6, 6.07) is 6.78. The van der Waals surface area contributed by atoms with Crippen molar-refractivity contribution in [1.82, 2.24) is 5.32 Å². The van der Waals surface area contributed by atoms with Crippen LogP contribution in [0.3, 0.4) is 0 Å². The van der Waals surface area contributed by atoms with Gasteiger partial charge in [0.2, 0.25) is 5.91 Å². The highest BCUT2D eigenvalue weighted by atomic mass is 16.5. The van der Waals surface area contributed by atoms with E-state index in [-0.39, 0.29) is 5.91 Å². The zero-order valence-electron chi connectivity index (χ0n) is 11.3. The van der Waals surface area contributed by atoms with Gasteiger partial charge in [-0.15, -0.1) is 0 Å². The molecule has 0 saturated carbocycles. The average molecular weight is 260 g/mol. The molecule has 1 amide bonds. The molecule has 2 aliphatic rings. The monoisotopic (exact) mass is 260 g/mol. The second kappa shape index (κ2) is 5.21. The standard InChI is InChI=1S/C15H20N2O2/c1-17-13-10-11(9-12-3-2-7-16-12)4-5-14(13)19-8-6-15(17)18/h4-5,10,12,16H,2-3,6-9H2,1H3. The number of amides is 1. The van der Waals surface area contributed by atoms with Gasteiger partial charge < -0.3 is 15.0 Å². The maximum atomic E-state index is 11.9. The molecule has 1 aromatic carbocycles. The number of hydrogen-bond acceptors (Lipinski definition) is 3. The Morgan fingerprint density at radius 2 is 2.37 bits per heavy atom. The Hall–Kier alpha value is -1.55. The van der Waals surface area contributed by atoms with Crippen molar-refractivity contribution in [3.63, 3.8) is 0 Å². The molecule has 0 spiro atoms. The summed E-state index contributed by atoms with van der Waals surface area (Å²) in [5, 5.41) is 3.51. The van der Waals surface area contributed by atoms with E-state index in [1.54, 1.807) is 4.90 Å². The minimum Gasteiger partial charge on any atom is -0.491 e. The van der Waals surface area contributed by atoms with Crippen LogP contribution in [-0.4, -0.2) is 32.1 Å². The molecule has 0 aromatic heterocycles. The van der Waals surface area contributed by atoms with Gasteiger partial charge in [0.1, 0.15) is 5.75 Å². The number of hydrogen-bond donors (Lipinski definition) is 1. The summed E-state index contributed by atoms with van der Waals surface area (Å²) < 4.78 is 5.64. The molecule has 0 aliphatic carbocycles. The van der Waals surface area contributed by atoms with E-state index < -0.39 is 0 Å². The van der Waals surface area contributed by atoms with Gasteiger partial charge >= 0.3 is 0 Å². The van der Waals surface area contributed by atoms with Crippen LogP contribution >= 0.6 is 0 Å². The molecular weight excluding hydrogens is 240 g/mol. The van der Waals surface area contributed by atoms with Crippen molar-refractivity contribution in [1.29, 1.82) is 0 Å². The summed E-state index contributed by atoms with van der Waals surface area (Å²) in [5.41, 5.74) is 2.17. The first-order chi connectivity index (χ1) is 9.24. The molecule has 3 rings (SSSR count). The van der Waals surface area contributed by atoms with E-state index in [9.17, 15) is 4.79 Å². The highest BCUT2D eigenvalue weighted by Gasteiger charge is 2.21. The average Bonchev–Trinajstić information content (AvgIpc) is 2.87. The molecule has 1 unspecified atom stereocenters. The van der Waals surface area contributed by atoms with E-state index in [4.69, 9.17) is 4.74 Å². The van der Waals surface area contributed by atoms with Gasteiger partial charge in [0.05, 0.1) is 18.7 Å². The van der Waals surface area contributed by atoms with E-state index >= 15 is 0 Å². The SMILES string of the molecule is CN1C(=O)CCOc2ccc(CC3CCCN3)cc21. The number of fused-ring (bicyclic) bond motifs is 1. The van der Waals surface area contributed by atoms with E-state index in [1.165, 1.54) is 18.4 Å². The number of carbonyl (C=O) groups is 1. The van der Waals surface area contributed by atoms with Gasteiger partial charge in [0.25, 0.3) is 0 Å². The molecule has 19 heavy (non-hydrogen) atoms. The van der Waals surface area contributed by atoms with Crippen molar-refractivity contribution in [2.24, 2.45) is 0 Å². The molecule has 0 bridgehead atoms. The third-order valence-electron chi connectivity index (χ3n) is 3.98. The number of nitrogens with zero attached hydrogens (tertiary/aromatic N) is 1. The lowest BCUT2D eigenvalue weighted by Crippen LogP contribution is -2.26. The minimum atomic E-state index is 0.120. The van der Waals surface area contributed by atoms with Gasteiger partial charge in [-0.1, -0.05) is 6.07 Å². The van der Waals surface area contributed by atoms with Crippen molar-refractivity contribution in [3.05, 3.63) is 23.8 Å². The van der Waals surface area contributed by atoms with Gasteiger partial charge in [0, 0.05) is 13.1 Å². The van der Waals surface area contributed by atoms with Crippen LogP contribution < -0.4 is 15.0 Å². The topological polar surface area (TPSA) is 41.6 Å². The fourth-order valence-corrected chi connectivity index (χ4v) is 2.84. The number of nitrogens with one attached hydrogen (secondary N) is 1. The summed E-state index contributed by atoms with van der Waals surface area (Å²) in [6.07, 6.45) is 3.97. The summed E-state index contributed by atoms with van der Waals surface area (Å²) >= 11 is 0. The van der Waals surface area contributed by atoms with Crippen LogP contribution in [-0.2, 0) is 11.2 Å². The van der Waals surface area contributed by atoms with Crippen LogP contribution in [0.2, 0.25) is 0 Å². The summed E-state index contributed by atoms with van der Waals surface area (Å²) in [4.78, 5) is 13.6. The minimum absolute atomic E-state index is 0.120. The Morgan fingerprint density at radius 1 is 1.47 bits per heavy atom. The molecule has 4 heteroatoms. The molecule has 1 N–H and O–H groups in total. The van der Waals surface area contributed by atoms with E-state index in [0.29, 0.717) is 19.1 Å². The van der Waals surface area contributed by atoms with Gasteiger partial charge in [-0.3, -0.25) is 4.79 Å². The molecule has 4 nitrogen and oxygen atoms in total. The third kappa shape index (κ3) is 2.59.